The van der Waals surface area contributed by atoms with E-state index in [1.54, 1.807) is 24.4 Å². The fraction of sp³-hybridized carbons (Fsp3) is 0.300. The average Bonchev–Trinajstić information content (AvgIpc) is 2.67. The summed E-state index contributed by atoms with van der Waals surface area (Å²) in [6.07, 6.45) is -1.18. The lowest BCUT2D eigenvalue weighted by Gasteiger charge is -2.17. The Bertz CT molecular complexity index is 810. The normalized spacial score (nSPS) is 13.7. The number of hydrogen-bond donors (Lipinski definition) is 4. The molecule has 0 aliphatic carbocycles. The standard InChI is InChI=1S/C20H23F2N3O3/c21-20(22,19(27)28)10-4-5-11-24-17-12-15(18(23)26)8-9-16(17)25-13-14-6-2-1-3-7-14/h1-3,6-9,11-13,18-19,26-28H,4-5,10,23H2. The molecule has 1 unspecified atom stereocenters. The number of aliphatic hydroxyl groups is 3. The van der Waals surface area contributed by atoms with E-state index in [0.29, 0.717) is 16.9 Å². The second-order valence-electron chi connectivity index (χ2n) is 6.20. The van der Waals surface area contributed by atoms with Crippen LogP contribution in [-0.4, -0.2) is 40.0 Å². The molecule has 6 nitrogen and oxygen atoms in total. The lowest BCUT2D eigenvalue weighted by Crippen LogP contribution is -2.32. The van der Waals surface area contributed by atoms with Gasteiger partial charge in [-0.2, -0.15) is 0 Å². The first-order valence-electron chi connectivity index (χ1n) is 8.73. The molecule has 150 valence electrons. The molecule has 28 heavy (non-hydrogen) atoms. The second-order valence-corrected chi connectivity index (χ2v) is 6.20. The number of hydrogen-bond acceptors (Lipinski definition) is 6. The fourth-order valence-electron chi connectivity index (χ4n) is 2.34. The molecule has 0 aliphatic heterocycles. The minimum absolute atomic E-state index is 0.0238. The first-order chi connectivity index (χ1) is 13.3. The molecule has 2 aromatic rings. The topological polar surface area (TPSA) is 111 Å². The Morgan fingerprint density at radius 2 is 1.71 bits per heavy atom. The Morgan fingerprint density at radius 1 is 1.00 bits per heavy atom. The maximum absolute atomic E-state index is 13.2. The molecule has 0 fully saturated rings. The van der Waals surface area contributed by atoms with Crippen LogP contribution in [0.3, 0.4) is 0 Å². The highest BCUT2D eigenvalue weighted by Crippen LogP contribution is 2.30. The lowest BCUT2D eigenvalue weighted by molar-refractivity contribution is -0.211. The van der Waals surface area contributed by atoms with E-state index in [1.165, 1.54) is 6.21 Å². The van der Waals surface area contributed by atoms with Crippen LogP contribution >= 0.6 is 0 Å². The highest BCUT2D eigenvalue weighted by molar-refractivity contribution is 5.84. The summed E-state index contributed by atoms with van der Waals surface area (Å²) in [5.74, 6) is -3.55. The van der Waals surface area contributed by atoms with E-state index < -0.39 is 24.9 Å². The minimum atomic E-state index is -3.55. The number of aliphatic imine (C=N–C) groups is 2. The van der Waals surface area contributed by atoms with Crippen molar-refractivity contribution in [3.63, 3.8) is 0 Å². The maximum atomic E-state index is 13.2. The van der Waals surface area contributed by atoms with Gasteiger partial charge in [-0.1, -0.05) is 36.4 Å². The molecule has 0 amide bonds. The molecule has 0 aliphatic rings. The zero-order chi connectivity index (χ0) is 20.6. The summed E-state index contributed by atoms with van der Waals surface area (Å²) in [7, 11) is 0. The largest absolute Gasteiger partial charge is 0.375 e. The van der Waals surface area contributed by atoms with Crippen molar-refractivity contribution in [2.45, 2.75) is 37.7 Å². The van der Waals surface area contributed by atoms with Crippen molar-refractivity contribution in [1.29, 1.82) is 0 Å². The summed E-state index contributed by atoms with van der Waals surface area (Å²) < 4.78 is 26.3. The van der Waals surface area contributed by atoms with Gasteiger partial charge in [-0.3, -0.25) is 9.98 Å². The van der Waals surface area contributed by atoms with Crippen LogP contribution in [0, 0.1) is 0 Å². The highest BCUT2D eigenvalue weighted by Gasteiger charge is 2.36. The van der Waals surface area contributed by atoms with Crippen LogP contribution in [-0.2, 0) is 0 Å². The van der Waals surface area contributed by atoms with E-state index in [0.717, 1.165) is 5.56 Å². The SMILES string of the molecule is NC(O)c1ccc(N=Cc2ccccc2)c(N=CCCCC(F)(F)C(O)O)c1. The average molecular weight is 391 g/mol. The van der Waals surface area contributed by atoms with Crippen LogP contribution in [0.4, 0.5) is 20.2 Å². The van der Waals surface area contributed by atoms with E-state index in [2.05, 4.69) is 9.98 Å². The number of halogens is 2. The number of nitrogens with two attached hydrogens (primary N) is 1. The third kappa shape index (κ3) is 6.58. The van der Waals surface area contributed by atoms with Crippen LogP contribution in [0.2, 0.25) is 0 Å². The predicted octanol–water partition coefficient (Wildman–Crippen LogP) is 3.21. The summed E-state index contributed by atoms with van der Waals surface area (Å²) >= 11 is 0. The third-order valence-corrected chi connectivity index (χ3v) is 3.94. The number of benzene rings is 2. The van der Waals surface area contributed by atoms with Gasteiger partial charge in [0.2, 0.25) is 6.29 Å². The van der Waals surface area contributed by atoms with Gasteiger partial charge in [-0.25, -0.2) is 8.78 Å². The van der Waals surface area contributed by atoms with Crippen molar-refractivity contribution in [1.82, 2.24) is 0 Å². The van der Waals surface area contributed by atoms with Gasteiger partial charge in [0.25, 0.3) is 5.92 Å². The molecule has 0 saturated carbocycles. The van der Waals surface area contributed by atoms with Crippen LogP contribution in [0.25, 0.3) is 0 Å². The zero-order valence-electron chi connectivity index (χ0n) is 15.1. The van der Waals surface area contributed by atoms with Crippen LogP contribution < -0.4 is 5.73 Å². The molecular formula is C20H23F2N3O3. The third-order valence-electron chi connectivity index (χ3n) is 3.94. The lowest BCUT2D eigenvalue weighted by atomic mass is 10.1. The Morgan fingerprint density at radius 3 is 2.36 bits per heavy atom. The number of aliphatic hydroxyl groups excluding tert-OH is 2. The second kappa shape index (κ2) is 10.1. The fourth-order valence-corrected chi connectivity index (χ4v) is 2.34. The molecule has 5 N–H and O–H groups in total. The summed E-state index contributed by atoms with van der Waals surface area (Å²) in [4.78, 5) is 8.64. The van der Waals surface area contributed by atoms with Gasteiger partial charge in [0.05, 0.1) is 11.4 Å². The van der Waals surface area contributed by atoms with Gasteiger partial charge in [0, 0.05) is 18.9 Å². The molecule has 0 bridgehead atoms. The van der Waals surface area contributed by atoms with Gasteiger partial charge < -0.3 is 21.1 Å². The van der Waals surface area contributed by atoms with Gasteiger partial charge >= 0.3 is 0 Å². The van der Waals surface area contributed by atoms with Crippen molar-refractivity contribution in [2.24, 2.45) is 15.7 Å². The van der Waals surface area contributed by atoms with Crippen LogP contribution in [0.5, 0.6) is 0 Å². The van der Waals surface area contributed by atoms with E-state index in [-0.39, 0.29) is 12.8 Å². The van der Waals surface area contributed by atoms with Crippen molar-refractivity contribution in [3.05, 3.63) is 59.7 Å². The quantitative estimate of drug-likeness (QED) is 0.299. The van der Waals surface area contributed by atoms with Crippen LogP contribution in [0.15, 0.2) is 58.5 Å². The van der Waals surface area contributed by atoms with E-state index in [9.17, 15) is 13.9 Å². The van der Waals surface area contributed by atoms with E-state index >= 15 is 0 Å². The van der Waals surface area contributed by atoms with Crippen molar-refractivity contribution < 1.29 is 24.1 Å². The van der Waals surface area contributed by atoms with Crippen molar-refractivity contribution >= 4 is 23.8 Å². The maximum Gasteiger partial charge on any atom is 0.297 e. The first-order valence-corrected chi connectivity index (χ1v) is 8.73. The molecule has 8 heteroatoms. The molecule has 0 radical (unpaired) electrons. The van der Waals surface area contributed by atoms with E-state index in [1.807, 2.05) is 30.3 Å². The number of nitrogens with zero attached hydrogens (tertiary/aromatic N) is 2. The minimum Gasteiger partial charge on any atom is -0.375 e. The molecule has 0 saturated heterocycles. The number of alkyl halides is 2. The Balaban J connectivity index is 2.11. The van der Waals surface area contributed by atoms with Crippen molar-refractivity contribution in [3.8, 4) is 0 Å². The molecule has 2 rings (SSSR count). The molecule has 0 aromatic heterocycles. The Hall–Kier alpha value is -2.52. The predicted molar refractivity (Wildman–Crippen MR) is 104 cm³/mol. The summed E-state index contributed by atoms with van der Waals surface area (Å²) in [6, 6.07) is 14.3. The van der Waals surface area contributed by atoms with Gasteiger partial charge in [-0.15, -0.1) is 0 Å². The monoisotopic (exact) mass is 391 g/mol. The van der Waals surface area contributed by atoms with Crippen molar-refractivity contribution in [2.75, 3.05) is 0 Å². The summed E-state index contributed by atoms with van der Waals surface area (Å²) in [5, 5.41) is 26.8. The van der Waals surface area contributed by atoms with E-state index in [4.69, 9.17) is 15.9 Å². The smallest absolute Gasteiger partial charge is 0.297 e. The highest BCUT2D eigenvalue weighted by atomic mass is 19.3. The summed E-state index contributed by atoms with van der Waals surface area (Å²) in [6.45, 7) is 0. The Labute approximate surface area is 161 Å². The van der Waals surface area contributed by atoms with Gasteiger partial charge in [-0.05, 0) is 36.1 Å². The van der Waals surface area contributed by atoms with Gasteiger partial charge in [0.1, 0.15) is 6.23 Å². The number of rotatable bonds is 9. The molecular weight excluding hydrogens is 368 g/mol. The Kier molecular flexibility index (Phi) is 7.89. The molecule has 1 atom stereocenters. The van der Waals surface area contributed by atoms with Crippen LogP contribution in [0.1, 0.15) is 36.6 Å². The van der Waals surface area contributed by atoms with Gasteiger partial charge in [0.15, 0.2) is 0 Å². The molecule has 0 spiro atoms. The molecule has 2 aromatic carbocycles. The molecule has 0 heterocycles. The summed E-state index contributed by atoms with van der Waals surface area (Å²) in [5.41, 5.74) is 7.79. The zero-order valence-corrected chi connectivity index (χ0v) is 15.1. The first kappa shape index (κ1) is 21.8. The number of unbranched alkanes of at least 4 members (excludes halogenated alkanes) is 1.